The summed E-state index contributed by atoms with van der Waals surface area (Å²) in [6.45, 7) is -0.443. The zero-order chi connectivity index (χ0) is 21.3. The van der Waals surface area contributed by atoms with Crippen LogP contribution in [0.2, 0.25) is 0 Å². The number of methoxy groups -OCH3 is 2. The highest BCUT2D eigenvalue weighted by molar-refractivity contribution is 5.97. The van der Waals surface area contributed by atoms with E-state index in [2.05, 4.69) is 5.32 Å². The largest absolute Gasteiger partial charge is 0.493 e. The van der Waals surface area contributed by atoms with Crippen molar-refractivity contribution >= 4 is 17.6 Å². The van der Waals surface area contributed by atoms with Crippen molar-refractivity contribution in [2.45, 2.75) is 0 Å². The van der Waals surface area contributed by atoms with Gasteiger partial charge in [-0.25, -0.2) is 4.79 Å². The van der Waals surface area contributed by atoms with E-state index >= 15 is 0 Å². The number of hydrogen-bond acceptors (Lipinski definition) is 6. The summed E-state index contributed by atoms with van der Waals surface area (Å²) in [7, 11) is 2.89. The Morgan fingerprint density at radius 2 is 1.50 bits per heavy atom. The second-order valence-corrected chi connectivity index (χ2v) is 6.10. The first kappa shape index (κ1) is 20.7. The monoisotopic (exact) mass is 407 g/mol. The Hall–Kier alpha value is -4.00. The first-order chi connectivity index (χ1) is 14.6. The van der Waals surface area contributed by atoms with Gasteiger partial charge in [0.1, 0.15) is 17.1 Å². The number of amides is 1. The van der Waals surface area contributed by atoms with Gasteiger partial charge >= 0.3 is 5.97 Å². The molecule has 0 saturated carbocycles. The Kier molecular flexibility index (Phi) is 6.89. The van der Waals surface area contributed by atoms with E-state index in [1.165, 1.54) is 20.3 Å². The summed E-state index contributed by atoms with van der Waals surface area (Å²) in [5.74, 6) is 0.841. The van der Waals surface area contributed by atoms with Crippen LogP contribution in [0.4, 0.5) is 5.69 Å². The van der Waals surface area contributed by atoms with E-state index in [9.17, 15) is 9.59 Å². The predicted molar refractivity (Wildman–Crippen MR) is 111 cm³/mol. The third-order valence-electron chi connectivity index (χ3n) is 4.07. The van der Waals surface area contributed by atoms with E-state index in [0.717, 1.165) is 0 Å². The molecule has 7 nitrogen and oxygen atoms in total. The van der Waals surface area contributed by atoms with Crippen LogP contribution in [0.25, 0.3) is 0 Å². The molecule has 0 bridgehead atoms. The minimum Gasteiger partial charge on any atom is -0.493 e. The molecule has 7 heteroatoms. The molecule has 0 atom stereocenters. The molecule has 3 aromatic rings. The third-order valence-corrected chi connectivity index (χ3v) is 4.07. The van der Waals surface area contributed by atoms with Gasteiger partial charge in [0, 0.05) is 5.69 Å². The average Bonchev–Trinajstić information content (AvgIpc) is 2.78. The molecular weight excluding hydrogens is 386 g/mol. The maximum Gasteiger partial charge on any atom is 0.342 e. The highest BCUT2D eigenvalue weighted by Gasteiger charge is 2.18. The number of esters is 1. The summed E-state index contributed by atoms with van der Waals surface area (Å²) < 4.78 is 21.2. The zero-order valence-corrected chi connectivity index (χ0v) is 16.6. The average molecular weight is 407 g/mol. The topological polar surface area (TPSA) is 83.1 Å². The van der Waals surface area contributed by atoms with Crippen molar-refractivity contribution in [3.05, 3.63) is 78.4 Å². The molecule has 0 unspecified atom stereocenters. The van der Waals surface area contributed by atoms with Crippen molar-refractivity contribution < 1.29 is 28.5 Å². The summed E-state index contributed by atoms with van der Waals surface area (Å²) in [6.07, 6.45) is 0. The number of benzene rings is 3. The predicted octanol–water partition coefficient (Wildman–Crippen LogP) is 4.29. The van der Waals surface area contributed by atoms with Crippen LogP contribution < -0.4 is 19.5 Å². The van der Waals surface area contributed by atoms with Gasteiger partial charge in [0.15, 0.2) is 18.1 Å². The number of carbonyl (C=O) groups is 2. The SMILES string of the molecule is COc1cccc(C(=O)OCC(=O)Nc2ccc(Oc3ccccc3)cc2)c1OC. The molecule has 0 aliphatic carbocycles. The van der Waals surface area contributed by atoms with Crippen LogP contribution in [0.3, 0.4) is 0 Å². The van der Waals surface area contributed by atoms with E-state index in [-0.39, 0.29) is 11.3 Å². The van der Waals surface area contributed by atoms with E-state index in [1.54, 1.807) is 36.4 Å². The van der Waals surface area contributed by atoms with Crippen LogP contribution in [0.5, 0.6) is 23.0 Å². The fraction of sp³-hybridized carbons (Fsp3) is 0.130. The Bertz CT molecular complexity index is 1000. The lowest BCUT2D eigenvalue weighted by Crippen LogP contribution is -2.21. The summed E-state index contributed by atoms with van der Waals surface area (Å²) >= 11 is 0. The van der Waals surface area contributed by atoms with Crippen LogP contribution in [0.1, 0.15) is 10.4 Å². The molecule has 1 N–H and O–H groups in total. The van der Waals surface area contributed by atoms with Crippen molar-refractivity contribution in [1.29, 1.82) is 0 Å². The zero-order valence-electron chi connectivity index (χ0n) is 16.6. The van der Waals surface area contributed by atoms with E-state index in [1.807, 2.05) is 30.3 Å². The number of anilines is 1. The fourth-order valence-electron chi connectivity index (χ4n) is 2.68. The van der Waals surface area contributed by atoms with Gasteiger partial charge in [0.05, 0.1) is 14.2 Å². The van der Waals surface area contributed by atoms with Crippen molar-refractivity contribution in [2.24, 2.45) is 0 Å². The third kappa shape index (κ3) is 5.29. The maximum absolute atomic E-state index is 12.3. The molecule has 154 valence electrons. The molecule has 0 aliphatic rings. The van der Waals surface area contributed by atoms with Gasteiger partial charge in [-0.15, -0.1) is 0 Å². The highest BCUT2D eigenvalue weighted by atomic mass is 16.5. The number of ether oxygens (including phenoxy) is 4. The normalized spacial score (nSPS) is 10.1. The van der Waals surface area contributed by atoms with Gasteiger partial charge in [-0.05, 0) is 48.5 Å². The Labute approximate surface area is 174 Å². The number of nitrogens with one attached hydrogen (secondary N) is 1. The molecule has 0 aromatic heterocycles. The lowest BCUT2D eigenvalue weighted by atomic mass is 10.2. The second-order valence-electron chi connectivity index (χ2n) is 6.10. The molecule has 0 aliphatic heterocycles. The number of para-hydroxylation sites is 2. The minimum atomic E-state index is -0.687. The lowest BCUT2D eigenvalue weighted by Gasteiger charge is -2.12. The highest BCUT2D eigenvalue weighted by Crippen LogP contribution is 2.31. The van der Waals surface area contributed by atoms with Crippen molar-refractivity contribution in [3.63, 3.8) is 0 Å². The van der Waals surface area contributed by atoms with Crippen LogP contribution in [-0.2, 0) is 9.53 Å². The molecular formula is C23H21NO6. The molecule has 0 heterocycles. The Morgan fingerprint density at radius 3 is 2.17 bits per heavy atom. The molecule has 30 heavy (non-hydrogen) atoms. The molecule has 3 aromatic carbocycles. The number of hydrogen-bond donors (Lipinski definition) is 1. The number of rotatable bonds is 8. The fourth-order valence-corrected chi connectivity index (χ4v) is 2.68. The summed E-state index contributed by atoms with van der Waals surface area (Å²) in [5, 5.41) is 2.66. The standard InChI is InChI=1S/C23H21NO6/c1-27-20-10-6-9-19(22(20)28-2)23(26)29-15-21(25)24-16-11-13-18(14-12-16)30-17-7-4-3-5-8-17/h3-14H,15H2,1-2H3,(H,24,25). The van der Waals surface area contributed by atoms with E-state index in [0.29, 0.717) is 22.9 Å². The van der Waals surface area contributed by atoms with Gasteiger partial charge < -0.3 is 24.3 Å². The van der Waals surface area contributed by atoms with Crippen LogP contribution >= 0.6 is 0 Å². The van der Waals surface area contributed by atoms with Gasteiger partial charge in [-0.2, -0.15) is 0 Å². The van der Waals surface area contributed by atoms with Gasteiger partial charge in [-0.3, -0.25) is 4.79 Å². The summed E-state index contributed by atoms with van der Waals surface area (Å²) in [4.78, 5) is 24.4. The first-order valence-electron chi connectivity index (χ1n) is 9.11. The second kappa shape index (κ2) is 9.97. The Balaban J connectivity index is 1.54. The quantitative estimate of drug-likeness (QED) is 0.561. The molecule has 0 radical (unpaired) electrons. The smallest absolute Gasteiger partial charge is 0.342 e. The van der Waals surface area contributed by atoms with Crippen molar-refractivity contribution in [1.82, 2.24) is 0 Å². The molecule has 0 fully saturated rings. The summed E-state index contributed by atoms with van der Waals surface area (Å²) in [6, 6.07) is 21.1. The van der Waals surface area contributed by atoms with Crippen LogP contribution in [0, 0.1) is 0 Å². The number of carbonyl (C=O) groups excluding carboxylic acids is 2. The molecule has 3 rings (SSSR count). The van der Waals surface area contributed by atoms with E-state index in [4.69, 9.17) is 18.9 Å². The van der Waals surface area contributed by atoms with Gasteiger partial charge in [0.2, 0.25) is 0 Å². The van der Waals surface area contributed by atoms with Gasteiger partial charge in [0.25, 0.3) is 5.91 Å². The van der Waals surface area contributed by atoms with E-state index < -0.39 is 18.5 Å². The summed E-state index contributed by atoms with van der Waals surface area (Å²) in [5.41, 5.74) is 0.725. The maximum atomic E-state index is 12.3. The Morgan fingerprint density at radius 1 is 0.800 bits per heavy atom. The van der Waals surface area contributed by atoms with Crippen molar-refractivity contribution in [2.75, 3.05) is 26.1 Å². The van der Waals surface area contributed by atoms with Gasteiger partial charge in [-0.1, -0.05) is 24.3 Å². The van der Waals surface area contributed by atoms with Crippen LogP contribution in [-0.4, -0.2) is 32.7 Å². The lowest BCUT2D eigenvalue weighted by molar-refractivity contribution is -0.119. The minimum absolute atomic E-state index is 0.173. The first-order valence-corrected chi connectivity index (χ1v) is 9.11. The van der Waals surface area contributed by atoms with Crippen molar-refractivity contribution in [3.8, 4) is 23.0 Å². The molecule has 1 amide bonds. The molecule has 0 saturated heterocycles. The molecule has 0 spiro atoms. The van der Waals surface area contributed by atoms with Crippen LogP contribution in [0.15, 0.2) is 72.8 Å².